The zero-order chi connectivity index (χ0) is 39.1. The largest absolute Gasteiger partial charge is 0.454 e. The lowest BCUT2D eigenvalue weighted by atomic mass is 9.89. The molecule has 0 atom stereocenters. The summed E-state index contributed by atoms with van der Waals surface area (Å²) in [5.41, 5.74) is 6.48. The van der Waals surface area contributed by atoms with Crippen LogP contribution in [0, 0.1) is 0 Å². The summed E-state index contributed by atoms with van der Waals surface area (Å²) in [5, 5.41) is 20.2. The molecule has 276 valence electrons. The first-order valence-corrected chi connectivity index (χ1v) is 20.5. The maximum absolute atomic E-state index is 7.08. The summed E-state index contributed by atoms with van der Waals surface area (Å²) in [5.74, 6) is 0.601. The number of benzene rings is 11. The maximum Gasteiger partial charge on any atom is 0.235 e. The van der Waals surface area contributed by atoms with Crippen molar-refractivity contribution in [1.82, 2.24) is 14.5 Å². The van der Waals surface area contributed by atoms with Gasteiger partial charge in [0.25, 0.3) is 0 Å². The fraction of sp³-hybridized carbons (Fsp3) is 0. The van der Waals surface area contributed by atoms with Gasteiger partial charge in [-0.3, -0.25) is 4.57 Å². The first-order chi connectivity index (χ1) is 29.8. The second-order valence-electron chi connectivity index (χ2n) is 16.0. The van der Waals surface area contributed by atoms with Crippen molar-refractivity contribution in [3.05, 3.63) is 188 Å². The number of para-hydroxylation sites is 3. The Balaban J connectivity index is 1.17. The molecule has 4 nitrogen and oxygen atoms in total. The van der Waals surface area contributed by atoms with Gasteiger partial charge < -0.3 is 4.42 Å². The van der Waals surface area contributed by atoms with E-state index in [4.69, 9.17) is 14.4 Å². The van der Waals surface area contributed by atoms with E-state index in [-0.39, 0.29) is 0 Å². The van der Waals surface area contributed by atoms with Gasteiger partial charge in [0.2, 0.25) is 5.95 Å². The molecule has 11 aromatic carbocycles. The number of rotatable bonds is 2. The molecular formula is C56H31N3O. The van der Waals surface area contributed by atoms with Crippen LogP contribution >= 0.6 is 0 Å². The molecule has 0 unspecified atom stereocenters. The predicted octanol–water partition coefficient (Wildman–Crippen LogP) is 15.2. The van der Waals surface area contributed by atoms with E-state index < -0.39 is 0 Å². The summed E-state index contributed by atoms with van der Waals surface area (Å²) in [6, 6.07) is 67.5. The molecule has 0 aliphatic carbocycles. The molecule has 0 bridgehead atoms. The third-order valence-corrected chi connectivity index (χ3v) is 12.9. The van der Waals surface area contributed by atoms with Crippen molar-refractivity contribution in [2.24, 2.45) is 0 Å². The molecule has 60 heavy (non-hydrogen) atoms. The van der Waals surface area contributed by atoms with Crippen LogP contribution in [-0.4, -0.2) is 14.5 Å². The molecule has 0 radical (unpaired) electrons. The number of aromatic nitrogens is 3. The Morgan fingerprint density at radius 2 is 0.833 bits per heavy atom. The molecule has 0 saturated heterocycles. The zero-order valence-corrected chi connectivity index (χ0v) is 32.1. The van der Waals surface area contributed by atoms with Gasteiger partial charge in [0.05, 0.1) is 16.7 Å². The summed E-state index contributed by atoms with van der Waals surface area (Å²) >= 11 is 0. The van der Waals surface area contributed by atoms with Gasteiger partial charge in [0, 0.05) is 43.3 Å². The first-order valence-electron chi connectivity index (χ1n) is 20.5. The fourth-order valence-electron chi connectivity index (χ4n) is 10.5. The van der Waals surface area contributed by atoms with Gasteiger partial charge in [-0.05, 0) is 78.1 Å². The number of furan rings is 1. The predicted molar refractivity (Wildman–Crippen MR) is 252 cm³/mol. The number of hydrogen-bond acceptors (Lipinski definition) is 3. The minimum Gasteiger partial charge on any atom is -0.454 e. The lowest BCUT2D eigenvalue weighted by molar-refractivity contribution is 0.671. The van der Waals surface area contributed by atoms with Gasteiger partial charge in [-0.2, -0.15) is 0 Å². The molecule has 0 N–H and O–H groups in total. The highest BCUT2D eigenvalue weighted by Gasteiger charge is 2.27. The molecule has 0 saturated carbocycles. The van der Waals surface area contributed by atoms with E-state index in [9.17, 15) is 0 Å². The summed E-state index contributed by atoms with van der Waals surface area (Å²) in [7, 11) is 0. The molecule has 0 amide bonds. The Morgan fingerprint density at radius 1 is 0.350 bits per heavy atom. The third kappa shape index (κ3) is 4.14. The quantitative estimate of drug-likeness (QED) is 0.165. The van der Waals surface area contributed by atoms with Crippen molar-refractivity contribution in [2.75, 3.05) is 0 Å². The lowest BCUT2D eigenvalue weighted by Gasteiger charge is -2.15. The standard InChI is InChI=1S/C56H31N3O/c1-2-17-35-33(15-1)34-16-3-4-20-38(34)45-31-32(29-30-39(35)45)53-42-23-9-12-26-46(42)57-56(58-53)59-47-27-13-10-24-43(47)51-49-40-21-7-5-18-36(40)37-19-6-8-22-41(37)50(49)52-44-25-11-14-28-48(44)60-55(52)54(51)59/h1-31H. The van der Waals surface area contributed by atoms with Crippen LogP contribution in [0.5, 0.6) is 0 Å². The zero-order valence-electron chi connectivity index (χ0n) is 32.1. The van der Waals surface area contributed by atoms with E-state index >= 15 is 0 Å². The second-order valence-corrected chi connectivity index (χ2v) is 16.0. The molecule has 3 aromatic heterocycles. The third-order valence-electron chi connectivity index (χ3n) is 12.9. The normalized spacial score (nSPS) is 12.3. The Labute approximate surface area is 342 Å². The minimum atomic E-state index is 0.601. The molecule has 3 heterocycles. The van der Waals surface area contributed by atoms with Crippen LogP contribution in [0.3, 0.4) is 0 Å². The number of hydrogen-bond donors (Lipinski definition) is 0. The molecule has 0 spiro atoms. The van der Waals surface area contributed by atoms with Crippen molar-refractivity contribution in [1.29, 1.82) is 0 Å². The molecule has 4 heteroatoms. The van der Waals surface area contributed by atoms with Crippen LogP contribution in [0.25, 0.3) is 136 Å². The molecule has 0 fully saturated rings. The van der Waals surface area contributed by atoms with Crippen molar-refractivity contribution in [3.63, 3.8) is 0 Å². The van der Waals surface area contributed by atoms with E-state index in [1.54, 1.807) is 0 Å². The first kappa shape index (κ1) is 31.9. The Kier molecular flexibility index (Phi) is 6.26. The van der Waals surface area contributed by atoms with Crippen LogP contribution < -0.4 is 0 Å². The van der Waals surface area contributed by atoms with E-state index in [2.05, 4.69) is 193 Å². The smallest absolute Gasteiger partial charge is 0.235 e. The van der Waals surface area contributed by atoms with E-state index in [1.165, 1.54) is 64.6 Å². The van der Waals surface area contributed by atoms with E-state index in [0.717, 1.165) is 65.9 Å². The van der Waals surface area contributed by atoms with Crippen LogP contribution in [0.1, 0.15) is 0 Å². The molecular weight excluding hydrogens is 731 g/mol. The highest BCUT2D eigenvalue weighted by Crippen LogP contribution is 2.50. The highest BCUT2D eigenvalue weighted by molar-refractivity contribution is 6.44. The molecule has 0 aliphatic heterocycles. The maximum atomic E-state index is 7.08. The Bertz CT molecular complexity index is 4160. The SMILES string of the molecule is c1ccc2c(-c3ccc4c5ccccc5c5ccccc5c4c3)nc(-n3c4ccccc4c4c5c6ccccc6c6ccccc6c5c5c6ccccc6oc5c43)nc2c1. The molecule has 0 aliphatic rings. The summed E-state index contributed by atoms with van der Waals surface area (Å²) in [4.78, 5) is 11.0. The van der Waals surface area contributed by atoms with Gasteiger partial charge >= 0.3 is 0 Å². The van der Waals surface area contributed by atoms with Crippen LogP contribution in [0.15, 0.2) is 192 Å². The minimum absolute atomic E-state index is 0.601. The topological polar surface area (TPSA) is 43.9 Å². The monoisotopic (exact) mass is 761 g/mol. The lowest BCUT2D eigenvalue weighted by Crippen LogP contribution is -2.03. The average Bonchev–Trinajstić information content (AvgIpc) is 3.88. The Hall–Kier alpha value is -8.08. The van der Waals surface area contributed by atoms with Gasteiger partial charge in [0.1, 0.15) is 11.1 Å². The van der Waals surface area contributed by atoms with Crippen molar-refractivity contribution in [2.45, 2.75) is 0 Å². The molecule has 14 aromatic rings. The fourth-order valence-corrected chi connectivity index (χ4v) is 10.5. The van der Waals surface area contributed by atoms with Gasteiger partial charge in [-0.1, -0.05) is 164 Å². The summed E-state index contributed by atoms with van der Waals surface area (Å²) in [6.07, 6.45) is 0. The summed E-state index contributed by atoms with van der Waals surface area (Å²) in [6.45, 7) is 0. The van der Waals surface area contributed by atoms with Crippen LogP contribution in [-0.2, 0) is 0 Å². The molecule has 14 rings (SSSR count). The van der Waals surface area contributed by atoms with Gasteiger partial charge in [0.15, 0.2) is 5.58 Å². The highest BCUT2D eigenvalue weighted by atomic mass is 16.3. The van der Waals surface area contributed by atoms with Crippen LogP contribution in [0.2, 0.25) is 0 Å². The number of nitrogens with zero attached hydrogens (tertiary/aromatic N) is 3. The van der Waals surface area contributed by atoms with Crippen molar-refractivity contribution >= 4 is 119 Å². The van der Waals surface area contributed by atoms with Gasteiger partial charge in [-0.15, -0.1) is 0 Å². The van der Waals surface area contributed by atoms with E-state index in [1.807, 2.05) is 0 Å². The Morgan fingerprint density at radius 3 is 1.50 bits per heavy atom. The van der Waals surface area contributed by atoms with Gasteiger partial charge in [-0.25, -0.2) is 9.97 Å². The van der Waals surface area contributed by atoms with Crippen molar-refractivity contribution in [3.8, 4) is 17.2 Å². The second kappa shape index (κ2) is 11.8. The summed E-state index contributed by atoms with van der Waals surface area (Å²) < 4.78 is 9.34. The van der Waals surface area contributed by atoms with Crippen molar-refractivity contribution < 1.29 is 4.42 Å². The van der Waals surface area contributed by atoms with E-state index in [0.29, 0.717) is 5.95 Å². The number of fused-ring (bicyclic) bond motifs is 22. The average molecular weight is 762 g/mol. The van der Waals surface area contributed by atoms with Crippen LogP contribution in [0.4, 0.5) is 0 Å².